The molecule has 3 heterocycles. The number of piperazine rings is 1. The first-order chi connectivity index (χ1) is 11.2. The van der Waals surface area contributed by atoms with Crippen LogP contribution in [0.25, 0.3) is 11.0 Å². The van der Waals surface area contributed by atoms with Crippen molar-refractivity contribution in [1.29, 1.82) is 0 Å². The molecular formula is C16H23IN6. The van der Waals surface area contributed by atoms with E-state index in [4.69, 9.17) is 5.10 Å². The zero-order chi connectivity index (χ0) is 15.8. The second-order valence-electron chi connectivity index (χ2n) is 6.80. The van der Waals surface area contributed by atoms with Crippen LogP contribution in [0.5, 0.6) is 0 Å². The lowest BCUT2D eigenvalue weighted by Gasteiger charge is -2.41. The smallest absolute Gasteiger partial charge is 0.162 e. The number of likely N-dealkylation sites (N-methyl/N-ethyl adjacent to an activating group) is 1. The average Bonchev–Trinajstić information content (AvgIpc) is 2.93. The van der Waals surface area contributed by atoms with Gasteiger partial charge in [0.05, 0.1) is 11.4 Å². The fraction of sp³-hybridized carbons (Fsp3) is 0.688. The summed E-state index contributed by atoms with van der Waals surface area (Å²) in [5.74, 6) is 0. The predicted octanol–water partition coefficient (Wildman–Crippen LogP) is 2.16. The molecule has 2 aliphatic rings. The molecule has 1 aliphatic carbocycles. The molecule has 0 N–H and O–H groups in total. The minimum atomic E-state index is 0.486. The standard InChI is InChI=1S/C16H23IN6/c1-21-6-8-22(9-7-21)12-2-4-13(5-3-12)23-16-14(15(17)20-23)10-18-11-19-16/h10-13H,2-9H2,1H3. The second kappa shape index (κ2) is 6.60. The molecule has 0 spiro atoms. The summed E-state index contributed by atoms with van der Waals surface area (Å²) in [5.41, 5.74) is 0.993. The van der Waals surface area contributed by atoms with Crippen molar-refractivity contribution in [2.75, 3.05) is 33.2 Å². The Morgan fingerprint density at radius 3 is 2.48 bits per heavy atom. The molecule has 0 radical (unpaired) electrons. The van der Waals surface area contributed by atoms with Crippen LogP contribution in [0, 0.1) is 3.70 Å². The maximum absolute atomic E-state index is 4.74. The van der Waals surface area contributed by atoms with Crippen LogP contribution in [0.15, 0.2) is 12.5 Å². The molecule has 0 atom stereocenters. The quantitative estimate of drug-likeness (QED) is 0.690. The van der Waals surface area contributed by atoms with Crippen LogP contribution >= 0.6 is 22.6 Å². The Morgan fingerprint density at radius 1 is 1.04 bits per heavy atom. The molecule has 1 aliphatic heterocycles. The Labute approximate surface area is 150 Å². The highest BCUT2D eigenvalue weighted by Crippen LogP contribution is 2.33. The van der Waals surface area contributed by atoms with Crippen LogP contribution in [-0.2, 0) is 0 Å². The van der Waals surface area contributed by atoms with Crippen LogP contribution in [0.3, 0.4) is 0 Å². The zero-order valence-electron chi connectivity index (χ0n) is 13.5. The van der Waals surface area contributed by atoms with E-state index in [2.05, 4.69) is 54.1 Å². The molecule has 0 aromatic carbocycles. The first-order valence-electron chi connectivity index (χ1n) is 8.48. The summed E-state index contributed by atoms with van der Waals surface area (Å²) in [6, 6.07) is 1.25. The summed E-state index contributed by atoms with van der Waals surface area (Å²) >= 11 is 2.29. The number of aromatic nitrogens is 4. The minimum Gasteiger partial charge on any atom is -0.304 e. The van der Waals surface area contributed by atoms with E-state index in [0.717, 1.165) is 20.8 Å². The topological polar surface area (TPSA) is 50.1 Å². The second-order valence-corrected chi connectivity index (χ2v) is 7.82. The van der Waals surface area contributed by atoms with Crippen LogP contribution in [0.2, 0.25) is 0 Å². The number of hydrogen-bond donors (Lipinski definition) is 0. The van der Waals surface area contributed by atoms with E-state index in [0.29, 0.717) is 6.04 Å². The van der Waals surface area contributed by atoms with Gasteiger partial charge in [-0.1, -0.05) is 0 Å². The van der Waals surface area contributed by atoms with Gasteiger partial charge in [-0.25, -0.2) is 14.6 Å². The van der Waals surface area contributed by atoms with Crippen molar-refractivity contribution >= 4 is 33.6 Å². The SMILES string of the molecule is CN1CCN(C2CCC(n3nc(I)c4cncnc43)CC2)CC1. The van der Waals surface area contributed by atoms with E-state index in [1.807, 2.05) is 6.20 Å². The van der Waals surface area contributed by atoms with Crippen LogP contribution < -0.4 is 0 Å². The summed E-state index contributed by atoms with van der Waals surface area (Å²) in [5, 5.41) is 5.82. The van der Waals surface area contributed by atoms with Crippen LogP contribution in [0.4, 0.5) is 0 Å². The van der Waals surface area contributed by atoms with E-state index in [-0.39, 0.29) is 0 Å². The van der Waals surface area contributed by atoms with Crippen molar-refractivity contribution in [3.8, 4) is 0 Å². The van der Waals surface area contributed by atoms with Crippen LogP contribution in [0.1, 0.15) is 31.7 Å². The van der Waals surface area contributed by atoms with Crippen molar-refractivity contribution in [3.05, 3.63) is 16.2 Å². The van der Waals surface area contributed by atoms with E-state index >= 15 is 0 Å². The van der Waals surface area contributed by atoms with Gasteiger partial charge in [0.2, 0.25) is 0 Å². The molecule has 4 rings (SSSR count). The third-order valence-electron chi connectivity index (χ3n) is 5.39. The van der Waals surface area contributed by atoms with Crippen molar-refractivity contribution < 1.29 is 0 Å². The van der Waals surface area contributed by atoms with Crippen molar-refractivity contribution in [1.82, 2.24) is 29.5 Å². The molecule has 0 bridgehead atoms. The van der Waals surface area contributed by atoms with E-state index in [1.54, 1.807) is 6.33 Å². The fourth-order valence-electron chi connectivity index (χ4n) is 3.96. The summed E-state index contributed by atoms with van der Waals surface area (Å²) < 4.78 is 3.17. The first kappa shape index (κ1) is 15.7. The molecule has 1 saturated heterocycles. The van der Waals surface area contributed by atoms with Gasteiger partial charge in [-0.15, -0.1) is 0 Å². The number of fused-ring (bicyclic) bond motifs is 1. The molecule has 7 heteroatoms. The summed E-state index contributed by atoms with van der Waals surface area (Å²) in [7, 11) is 2.22. The molecule has 2 aromatic rings. The van der Waals surface area contributed by atoms with Gasteiger partial charge in [0.25, 0.3) is 0 Å². The monoisotopic (exact) mass is 426 g/mol. The average molecular weight is 426 g/mol. The van der Waals surface area contributed by atoms with Gasteiger partial charge in [-0.3, -0.25) is 4.90 Å². The first-order valence-corrected chi connectivity index (χ1v) is 9.56. The molecule has 1 saturated carbocycles. The van der Waals surface area contributed by atoms with Gasteiger partial charge in [0, 0.05) is 38.4 Å². The summed E-state index contributed by atoms with van der Waals surface area (Å²) in [6.07, 6.45) is 8.46. The molecule has 124 valence electrons. The third kappa shape index (κ3) is 3.10. The Kier molecular flexibility index (Phi) is 4.51. The zero-order valence-corrected chi connectivity index (χ0v) is 15.7. The number of halogens is 1. The molecule has 0 amide bonds. The molecule has 2 fully saturated rings. The van der Waals surface area contributed by atoms with Gasteiger partial charge in [0.15, 0.2) is 5.65 Å². The highest BCUT2D eigenvalue weighted by molar-refractivity contribution is 14.1. The van der Waals surface area contributed by atoms with Gasteiger partial charge in [0.1, 0.15) is 10.0 Å². The predicted molar refractivity (Wildman–Crippen MR) is 98.4 cm³/mol. The number of rotatable bonds is 2. The van der Waals surface area contributed by atoms with Gasteiger partial charge in [-0.05, 0) is 55.3 Å². The maximum Gasteiger partial charge on any atom is 0.162 e. The molecule has 2 aromatic heterocycles. The highest BCUT2D eigenvalue weighted by atomic mass is 127. The fourth-order valence-corrected chi connectivity index (χ4v) is 4.57. The highest BCUT2D eigenvalue weighted by Gasteiger charge is 2.29. The number of hydrogen-bond acceptors (Lipinski definition) is 5. The Bertz CT molecular complexity index is 670. The Morgan fingerprint density at radius 2 is 1.74 bits per heavy atom. The molecule has 6 nitrogen and oxygen atoms in total. The number of nitrogens with zero attached hydrogens (tertiary/aromatic N) is 6. The molecule has 0 unspecified atom stereocenters. The van der Waals surface area contributed by atoms with Gasteiger partial charge in [-0.2, -0.15) is 5.10 Å². The summed E-state index contributed by atoms with van der Waals surface area (Å²) in [4.78, 5) is 13.7. The Balaban J connectivity index is 1.45. The van der Waals surface area contributed by atoms with E-state index < -0.39 is 0 Å². The lowest BCUT2D eigenvalue weighted by atomic mass is 9.90. The van der Waals surface area contributed by atoms with E-state index in [1.165, 1.54) is 51.9 Å². The van der Waals surface area contributed by atoms with Crippen molar-refractivity contribution in [2.45, 2.75) is 37.8 Å². The maximum atomic E-state index is 4.74. The van der Waals surface area contributed by atoms with E-state index in [9.17, 15) is 0 Å². The van der Waals surface area contributed by atoms with Gasteiger partial charge >= 0.3 is 0 Å². The Hall–Kier alpha value is -0.800. The summed E-state index contributed by atoms with van der Waals surface area (Å²) in [6.45, 7) is 4.86. The third-order valence-corrected chi connectivity index (χ3v) is 6.19. The largest absolute Gasteiger partial charge is 0.304 e. The lowest BCUT2D eigenvalue weighted by Crippen LogP contribution is -2.49. The van der Waals surface area contributed by atoms with Crippen molar-refractivity contribution in [2.24, 2.45) is 0 Å². The molecule has 23 heavy (non-hydrogen) atoms. The van der Waals surface area contributed by atoms with Crippen molar-refractivity contribution in [3.63, 3.8) is 0 Å². The lowest BCUT2D eigenvalue weighted by molar-refractivity contribution is 0.0814. The normalized spacial score (nSPS) is 27.6. The molecular weight excluding hydrogens is 403 g/mol. The minimum absolute atomic E-state index is 0.486. The van der Waals surface area contributed by atoms with Crippen LogP contribution in [-0.4, -0.2) is 68.8 Å². The van der Waals surface area contributed by atoms with Gasteiger partial charge < -0.3 is 4.90 Å².